The molecule has 0 bridgehead atoms. The lowest BCUT2D eigenvalue weighted by Crippen LogP contribution is -2.14. The Balaban J connectivity index is 2.26. The van der Waals surface area contributed by atoms with Gasteiger partial charge in [-0.25, -0.2) is 0 Å². The van der Waals surface area contributed by atoms with E-state index in [2.05, 4.69) is 0 Å². The van der Waals surface area contributed by atoms with Crippen LogP contribution < -0.4 is 4.74 Å². The number of benzene rings is 2. The van der Waals surface area contributed by atoms with E-state index in [0.717, 1.165) is 11.3 Å². The van der Waals surface area contributed by atoms with Crippen molar-refractivity contribution in [1.29, 1.82) is 0 Å². The van der Waals surface area contributed by atoms with Gasteiger partial charge in [-0.1, -0.05) is 41.4 Å². The summed E-state index contributed by atoms with van der Waals surface area (Å²) in [4.78, 5) is 11.5. The highest BCUT2D eigenvalue weighted by molar-refractivity contribution is 6.42. The maximum atomic E-state index is 11.5. The molecule has 0 radical (unpaired) electrons. The van der Waals surface area contributed by atoms with Gasteiger partial charge in [-0.15, -0.1) is 0 Å². The molecule has 5 heteroatoms. The predicted molar refractivity (Wildman–Crippen MR) is 83.5 cm³/mol. The minimum absolute atomic E-state index is 0.357. The summed E-state index contributed by atoms with van der Waals surface area (Å²) < 4.78 is 5.09. The molecule has 1 N–H and O–H groups in total. The van der Waals surface area contributed by atoms with Gasteiger partial charge in [-0.3, -0.25) is 4.79 Å². The molecule has 0 aliphatic rings. The van der Waals surface area contributed by atoms with Crippen molar-refractivity contribution in [2.45, 2.75) is 12.3 Å². The van der Waals surface area contributed by atoms with Gasteiger partial charge < -0.3 is 9.84 Å². The van der Waals surface area contributed by atoms with Crippen LogP contribution in [-0.2, 0) is 11.2 Å². The molecular weight excluding hydrogens is 311 g/mol. The monoisotopic (exact) mass is 324 g/mol. The van der Waals surface area contributed by atoms with Crippen LogP contribution in [0.2, 0.25) is 10.0 Å². The van der Waals surface area contributed by atoms with Gasteiger partial charge in [0.25, 0.3) is 0 Å². The Labute approximate surface area is 133 Å². The smallest absolute Gasteiger partial charge is 0.311 e. The molecule has 110 valence electrons. The fraction of sp³-hybridized carbons (Fsp3) is 0.188. The van der Waals surface area contributed by atoms with Crippen LogP contribution in [0.4, 0.5) is 0 Å². The summed E-state index contributed by atoms with van der Waals surface area (Å²) >= 11 is 11.8. The van der Waals surface area contributed by atoms with Gasteiger partial charge in [0.05, 0.1) is 23.1 Å². The Hall–Kier alpha value is -1.71. The number of hydrogen-bond donors (Lipinski definition) is 1. The fourth-order valence-corrected chi connectivity index (χ4v) is 2.38. The van der Waals surface area contributed by atoms with Crippen molar-refractivity contribution in [1.82, 2.24) is 0 Å². The molecule has 1 atom stereocenters. The molecule has 0 aromatic heterocycles. The fourth-order valence-electron chi connectivity index (χ4n) is 2.07. The predicted octanol–water partition coefficient (Wildman–Crippen LogP) is 4.41. The van der Waals surface area contributed by atoms with Crippen molar-refractivity contribution >= 4 is 29.2 Å². The normalized spacial score (nSPS) is 12.0. The lowest BCUT2D eigenvalue weighted by atomic mass is 9.92. The van der Waals surface area contributed by atoms with Crippen LogP contribution in [0.3, 0.4) is 0 Å². The maximum Gasteiger partial charge on any atom is 0.311 e. The Kier molecular flexibility index (Phi) is 5.10. The van der Waals surface area contributed by atoms with Gasteiger partial charge in [0.15, 0.2) is 0 Å². The molecule has 0 amide bonds. The highest BCUT2D eigenvalue weighted by Gasteiger charge is 2.21. The molecule has 0 saturated heterocycles. The van der Waals surface area contributed by atoms with Gasteiger partial charge in [-0.05, 0) is 41.8 Å². The lowest BCUT2D eigenvalue weighted by molar-refractivity contribution is -0.138. The summed E-state index contributed by atoms with van der Waals surface area (Å²) in [6.45, 7) is 0. The zero-order valence-electron chi connectivity index (χ0n) is 11.3. The van der Waals surface area contributed by atoms with E-state index >= 15 is 0 Å². The Morgan fingerprint density at radius 3 is 2.33 bits per heavy atom. The Morgan fingerprint density at radius 2 is 1.81 bits per heavy atom. The first-order valence-corrected chi connectivity index (χ1v) is 7.07. The number of halogens is 2. The summed E-state index contributed by atoms with van der Waals surface area (Å²) in [5, 5.41) is 10.2. The molecule has 0 fully saturated rings. The number of carboxylic acid groups (broad SMARTS) is 1. The number of hydrogen-bond acceptors (Lipinski definition) is 2. The van der Waals surface area contributed by atoms with Crippen LogP contribution in [0.1, 0.15) is 17.0 Å². The first-order chi connectivity index (χ1) is 10.0. The van der Waals surface area contributed by atoms with Crippen molar-refractivity contribution in [2.24, 2.45) is 0 Å². The number of aliphatic carboxylic acids is 1. The van der Waals surface area contributed by atoms with Crippen LogP contribution in [0, 0.1) is 0 Å². The summed E-state index contributed by atoms with van der Waals surface area (Å²) in [6.07, 6.45) is 0.372. The average molecular weight is 325 g/mol. The molecule has 0 saturated carbocycles. The van der Waals surface area contributed by atoms with Crippen molar-refractivity contribution in [3.63, 3.8) is 0 Å². The quantitative estimate of drug-likeness (QED) is 0.885. The van der Waals surface area contributed by atoms with Crippen molar-refractivity contribution in [3.8, 4) is 5.75 Å². The number of rotatable bonds is 5. The zero-order chi connectivity index (χ0) is 15.4. The largest absolute Gasteiger partial charge is 0.497 e. The summed E-state index contributed by atoms with van der Waals surface area (Å²) in [6, 6.07) is 12.2. The van der Waals surface area contributed by atoms with Gasteiger partial charge in [-0.2, -0.15) is 0 Å². The SMILES string of the molecule is COc1ccc(CC(C(=O)O)c2ccc(Cl)c(Cl)c2)cc1. The van der Waals surface area contributed by atoms with Gasteiger partial charge in [0.1, 0.15) is 5.75 Å². The first kappa shape index (κ1) is 15.7. The van der Waals surface area contributed by atoms with E-state index in [-0.39, 0.29) is 0 Å². The minimum Gasteiger partial charge on any atom is -0.497 e. The topological polar surface area (TPSA) is 46.5 Å². The van der Waals surface area contributed by atoms with Crippen LogP contribution in [0.15, 0.2) is 42.5 Å². The van der Waals surface area contributed by atoms with E-state index in [4.69, 9.17) is 27.9 Å². The third-order valence-corrected chi connectivity index (χ3v) is 3.98. The van der Waals surface area contributed by atoms with Crippen LogP contribution in [0.25, 0.3) is 0 Å². The third kappa shape index (κ3) is 3.90. The summed E-state index contributed by atoms with van der Waals surface area (Å²) in [7, 11) is 1.59. The summed E-state index contributed by atoms with van der Waals surface area (Å²) in [5.41, 5.74) is 1.54. The standard InChI is InChI=1S/C16H14Cl2O3/c1-21-12-5-2-10(3-6-12)8-13(16(19)20)11-4-7-14(17)15(18)9-11/h2-7,9,13H,8H2,1H3,(H,19,20). The molecule has 0 aliphatic carbocycles. The molecule has 3 nitrogen and oxygen atoms in total. The molecule has 2 aromatic carbocycles. The number of methoxy groups -OCH3 is 1. The number of carboxylic acids is 1. The molecule has 1 unspecified atom stereocenters. The first-order valence-electron chi connectivity index (χ1n) is 6.32. The van der Waals surface area contributed by atoms with E-state index in [0.29, 0.717) is 22.0 Å². The Bertz CT molecular complexity index is 638. The molecule has 2 rings (SSSR count). The third-order valence-electron chi connectivity index (χ3n) is 3.24. The van der Waals surface area contributed by atoms with Crippen LogP contribution in [0.5, 0.6) is 5.75 Å². The lowest BCUT2D eigenvalue weighted by Gasteiger charge is -2.14. The maximum absolute atomic E-state index is 11.5. The molecule has 0 heterocycles. The average Bonchev–Trinajstić information content (AvgIpc) is 2.48. The van der Waals surface area contributed by atoms with E-state index in [9.17, 15) is 9.90 Å². The molecule has 2 aromatic rings. The van der Waals surface area contributed by atoms with Gasteiger partial charge >= 0.3 is 5.97 Å². The molecular formula is C16H14Cl2O3. The van der Waals surface area contributed by atoms with Gasteiger partial charge in [0.2, 0.25) is 0 Å². The Morgan fingerprint density at radius 1 is 1.14 bits per heavy atom. The van der Waals surface area contributed by atoms with Crippen LogP contribution in [-0.4, -0.2) is 18.2 Å². The van der Waals surface area contributed by atoms with Gasteiger partial charge in [0, 0.05) is 0 Å². The van der Waals surface area contributed by atoms with E-state index in [1.165, 1.54) is 0 Å². The number of ether oxygens (including phenoxy) is 1. The van der Waals surface area contributed by atoms with Crippen molar-refractivity contribution < 1.29 is 14.6 Å². The minimum atomic E-state index is -0.899. The van der Waals surface area contributed by atoms with E-state index in [1.807, 2.05) is 24.3 Å². The second-order valence-electron chi connectivity index (χ2n) is 4.62. The van der Waals surface area contributed by atoms with E-state index < -0.39 is 11.9 Å². The van der Waals surface area contributed by atoms with Crippen molar-refractivity contribution in [3.05, 3.63) is 63.6 Å². The highest BCUT2D eigenvalue weighted by Crippen LogP contribution is 2.29. The second kappa shape index (κ2) is 6.83. The number of carbonyl (C=O) groups is 1. The van der Waals surface area contributed by atoms with E-state index in [1.54, 1.807) is 25.3 Å². The van der Waals surface area contributed by atoms with Crippen LogP contribution >= 0.6 is 23.2 Å². The summed E-state index contributed by atoms with van der Waals surface area (Å²) in [5.74, 6) is -0.836. The highest BCUT2D eigenvalue weighted by atomic mass is 35.5. The molecule has 21 heavy (non-hydrogen) atoms. The second-order valence-corrected chi connectivity index (χ2v) is 5.43. The van der Waals surface area contributed by atoms with Crippen molar-refractivity contribution in [2.75, 3.05) is 7.11 Å². The zero-order valence-corrected chi connectivity index (χ0v) is 12.9. The molecule has 0 spiro atoms. The molecule has 0 aliphatic heterocycles.